The van der Waals surface area contributed by atoms with E-state index in [0.29, 0.717) is 0 Å². The zero-order chi connectivity index (χ0) is 3.41. The molecule has 0 radical (unpaired) electrons. The zero-order valence-corrected chi connectivity index (χ0v) is 6.28. The number of halogens is 1. The van der Waals surface area contributed by atoms with Gasteiger partial charge in [-0.15, -0.1) is 12.3 Å². The van der Waals surface area contributed by atoms with Gasteiger partial charge in [0.2, 0.25) is 0 Å². The van der Waals surface area contributed by atoms with Crippen LogP contribution in [0, 0.1) is 12.3 Å². The molecule has 0 aromatic rings. The summed E-state index contributed by atoms with van der Waals surface area (Å²) in [4.78, 5) is 0. The van der Waals surface area contributed by atoms with Crippen LogP contribution in [0.3, 0.4) is 0 Å². The summed E-state index contributed by atoms with van der Waals surface area (Å²) in [7, 11) is 0. The molecule has 0 rings (SSSR count). The van der Waals surface area contributed by atoms with E-state index in [1.807, 2.05) is 5.92 Å². The summed E-state index contributed by atoms with van der Waals surface area (Å²) in [6, 6.07) is 0. The van der Waals surface area contributed by atoms with Gasteiger partial charge in [-0.3, -0.25) is 0 Å². The van der Waals surface area contributed by atoms with E-state index in [2.05, 4.69) is 6.42 Å². The van der Waals surface area contributed by atoms with Gasteiger partial charge in [-0.25, -0.2) is 0 Å². The van der Waals surface area contributed by atoms with Gasteiger partial charge in [0.1, 0.15) is 0 Å². The van der Waals surface area contributed by atoms with Crippen LogP contribution in [0.4, 0.5) is 0 Å². The minimum atomic E-state index is -0.403. The summed E-state index contributed by atoms with van der Waals surface area (Å²) in [5.41, 5.74) is 0. The molecular formula is C3H3BrMgO. The van der Waals surface area contributed by atoms with Crippen LogP contribution in [-0.4, -0.2) is 29.7 Å². The second-order valence-electron chi connectivity index (χ2n) is 0.348. The van der Waals surface area contributed by atoms with Crippen molar-refractivity contribution in [3.8, 4) is 12.3 Å². The third-order valence-electron chi connectivity index (χ3n) is 0.0833. The maximum Gasteiger partial charge on any atom is 2.00 e. The summed E-state index contributed by atoms with van der Waals surface area (Å²) in [6.45, 7) is -0.403. The summed E-state index contributed by atoms with van der Waals surface area (Å²) in [5, 5.41) is 9.06. The van der Waals surface area contributed by atoms with E-state index < -0.39 is 6.61 Å². The average molecular weight is 159 g/mol. The van der Waals surface area contributed by atoms with Crippen molar-refractivity contribution >= 4 is 23.1 Å². The van der Waals surface area contributed by atoms with Crippen molar-refractivity contribution in [3.05, 3.63) is 0 Å². The van der Waals surface area contributed by atoms with Crippen LogP contribution in [0.2, 0.25) is 0 Å². The van der Waals surface area contributed by atoms with Crippen LogP contribution >= 0.6 is 0 Å². The van der Waals surface area contributed by atoms with Crippen molar-refractivity contribution < 1.29 is 22.1 Å². The molecule has 0 spiro atoms. The van der Waals surface area contributed by atoms with E-state index >= 15 is 0 Å². The molecular weight excluding hydrogens is 156 g/mol. The molecule has 3 heteroatoms. The maximum atomic E-state index is 9.06. The molecule has 0 fully saturated rings. The van der Waals surface area contributed by atoms with Gasteiger partial charge in [0.25, 0.3) is 0 Å². The van der Waals surface area contributed by atoms with Crippen LogP contribution in [0.25, 0.3) is 0 Å². The van der Waals surface area contributed by atoms with Crippen molar-refractivity contribution in [2.24, 2.45) is 0 Å². The summed E-state index contributed by atoms with van der Waals surface area (Å²) < 4.78 is 0. The van der Waals surface area contributed by atoms with Crippen molar-refractivity contribution in [2.45, 2.75) is 0 Å². The molecule has 0 aromatic carbocycles. The molecule has 0 aliphatic carbocycles. The molecule has 0 N–H and O–H groups in total. The first-order valence-corrected chi connectivity index (χ1v) is 0.931. The first-order chi connectivity index (χ1) is 1.91. The zero-order valence-electron chi connectivity index (χ0n) is 3.28. The normalized spacial score (nSPS) is 3.33. The Morgan fingerprint density at radius 2 is 1.83 bits per heavy atom. The molecule has 0 bridgehead atoms. The fraction of sp³-hybridized carbons (Fsp3) is 0.333. The van der Waals surface area contributed by atoms with E-state index in [9.17, 15) is 0 Å². The fourth-order valence-electron chi connectivity index (χ4n) is 0. The SMILES string of the molecule is C#CC[O-].[Br-].[Mg+2]. The van der Waals surface area contributed by atoms with Gasteiger partial charge < -0.3 is 22.1 Å². The smallest absolute Gasteiger partial charge is 1.00 e. The van der Waals surface area contributed by atoms with Gasteiger partial charge in [0, 0.05) is 0 Å². The van der Waals surface area contributed by atoms with Crippen LogP contribution in [0.5, 0.6) is 0 Å². The Balaban J connectivity index is -0.0000000450. The average Bonchev–Trinajstić information content (AvgIpc) is 1.37. The first-order valence-electron chi connectivity index (χ1n) is 0.931. The Kier molecular flexibility index (Phi) is 45.3. The molecule has 0 saturated heterocycles. The summed E-state index contributed by atoms with van der Waals surface area (Å²) in [5.74, 6) is 1.88. The van der Waals surface area contributed by atoms with Crippen LogP contribution < -0.4 is 22.1 Å². The monoisotopic (exact) mass is 158 g/mol. The number of terminal acetylenes is 1. The van der Waals surface area contributed by atoms with Crippen molar-refractivity contribution in [1.29, 1.82) is 0 Å². The molecule has 6 heavy (non-hydrogen) atoms. The van der Waals surface area contributed by atoms with Crippen molar-refractivity contribution in [1.82, 2.24) is 0 Å². The predicted octanol–water partition coefficient (Wildman–Crippen LogP) is -4.40. The Morgan fingerprint density at radius 3 is 1.83 bits per heavy atom. The molecule has 30 valence electrons. The molecule has 1 nitrogen and oxygen atoms in total. The molecule has 0 aliphatic rings. The third kappa shape index (κ3) is 21.7. The van der Waals surface area contributed by atoms with E-state index in [0.717, 1.165) is 0 Å². The molecule has 0 amide bonds. The second kappa shape index (κ2) is 17.1. The van der Waals surface area contributed by atoms with Crippen molar-refractivity contribution in [2.75, 3.05) is 6.61 Å². The van der Waals surface area contributed by atoms with Gasteiger partial charge in [-0.05, 0) is 0 Å². The number of hydrogen-bond donors (Lipinski definition) is 0. The van der Waals surface area contributed by atoms with Gasteiger partial charge in [-0.2, -0.15) is 0 Å². The Hall–Kier alpha value is 0.766. The number of hydrogen-bond acceptors (Lipinski definition) is 1. The van der Waals surface area contributed by atoms with Crippen molar-refractivity contribution in [3.63, 3.8) is 0 Å². The van der Waals surface area contributed by atoms with E-state index in [-0.39, 0.29) is 40.0 Å². The molecule has 0 atom stereocenters. The van der Waals surface area contributed by atoms with Crippen LogP contribution in [0.15, 0.2) is 0 Å². The molecule has 0 unspecified atom stereocenters. The minimum Gasteiger partial charge on any atom is -1.00 e. The quantitative estimate of drug-likeness (QED) is 0.259. The summed E-state index contributed by atoms with van der Waals surface area (Å²) >= 11 is 0. The predicted molar refractivity (Wildman–Crippen MR) is 19.5 cm³/mol. The van der Waals surface area contributed by atoms with Gasteiger partial charge >= 0.3 is 23.1 Å². The minimum absolute atomic E-state index is 0. The van der Waals surface area contributed by atoms with Crippen LogP contribution in [-0.2, 0) is 0 Å². The van der Waals surface area contributed by atoms with Gasteiger partial charge in [-0.1, -0.05) is 6.61 Å². The number of rotatable bonds is 0. The van der Waals surface area contributed by atoms with Crippen LogP contribution in [0.1, 0.15) is 0 Å². The molecule has 0 heterocycles. The Morgan fingerprint density at radius 1 is 1.67 bits per heavy atom. The fourth-order valence-corrected chi connectivity index (χ4v) is 0. The standard InChI is InChI=1S/C3H3O.BrH.Mg/c1-2-3-4;;/h1H,3H2;1H;/q-1;;+2/p-1. The van der Waals surface area contributed by atoms with E-state index in [1.165, 1.54) is 0 Å². The van der Waals surface area contributed by atoms with Gasteiger partial charge in [0.05, 0.1) is 0 Å². The van der Waals surface area contributed by atoms with E-state index in [1.54, 1.807) is 0 Å². The second-order valence-corrected chi connectivity index (χ2v) is 0.348. The van der Waals surface area contributed by atoms with E-state index in [4.69, 9.17) is 5.11 Å². The third-order valence-corrected chi connectivity index (χ3v) is 0.0833. The summed E-state index contributed by atoms with van der Waals surface area (Å²) in [6.07, 6.45) is 4.47. The molecule has 0 aromatic heterocycles. The first kappa shape index (κ1) is 15.9. The molecule has 0 aliphatic heterocycles. The van der Waals surface area contributed by atoms with Gasteiger partial charge in [0.15, 0.2) is 0 Å². The molecule has 0 saturated carbocycles. The topological polar surface area (TPSA) is 23.1 Å². The Bertz CT molecular complexity index is 40.5. The maximum absolute atomic E-state index is 9.06. The largest absolute Gasteiger partial charge is 2.00 e. The Labute approximate surface area is 64.0 Å².